The molecule has 0 radical (unpaired) electrons. The van der Waals surface area contributed by atoms with Crippen LogP contribution in [0.3, 0.4) is 0 Å². The molecule has 0 amide bonds. The Morgan fingerprint density at radius 3 is 2.60 bits per heavy atom. The summed E-state index contributed by atoms with van der Waals surface area (Å²) in [6.45, 7) is 2.12. The van der Waals surface area contributed by atoms with E-state index in [1.165, 1.54) is 0 Å². The normalized spacial score (nSPS) is 11.9. The highest BCUT2D eigenvalue weighted by atomic mass is 16.5. The van der Waals surface area contributed by atoms with Crippen LogP contribution in [0, 0.1) is 0 Å². The molecule has 1 heterocycles. The van der Waals surface area contributed by atoms with E-state index >= 15 is 0 Å². The minimum Gasteiger partial charge on any atom is -0.465 e. The Bertz CT molecular complexity index is 580. The summed E-state index contributed by atoms with van der Waals surface area (Å²) in [5.41, 5.74) is 0.837. The van der Waals surface area contributed by atoms with Crippen LogP contribution >= 0.6 is 0 Å². The SMILES string of the molecule is CCOC(=O)C(c1ccccc1)c1nnc(NC)n1C. The molecule has 0 bridgehead atoms. The average molecular weight is 274 g/mol. The Labute approximate surface area is 117 Å². The van der Waals surface area contributed by atoms with Crippen molar-refractivity contribution in [2.45, 2.75) is 12.8 Å². The summed E-state index contributed by atoms with van der Waals surface area (Å²) in [6.07, 6.45) is 0. The molecule has 0 aliphatic carbocycles. The highest BCUT2D eigenvalue weighted by Gasteiger charge is 2.29. The fraction of sp³-hybridized carbons (Fsp3) is 0.357. The predicted octanol–water partition coefficient (Wildman–Crippen LogP) is 1.55. The van der Waals surface area contributed by atoms with E-state index in [-0.39, 0.29) is 5.97 Å². The van der Waals surface area contributed by atoms with Gasteiger partial charge < -0.3 is 10.1 Å². The van der Waals surface area contributed by atoms with Gasteiger partial charge in [-0.05, 0) is 12.5 Å². The quantitative estimate of drug-likeness (QED) is 0.838. The standard InChI is InChI=1S/C14H18N4O2/c1-4-20-13(19)11(10-8-6-5-7-9-10)12-16-17-14(15-2)18(12)3/h5-9,11H,4H2,1-3H3,(H,15,17). The van der Waals surface area contributed by atoms with E-state index in [0.29, 0.717) is 18.4 Å². The van der Waals surface area contributed by atoms with Crippen molar-refractivity contribution < 1.29 is 9.53 Å². The van der Waals surface area contributed by atoms with Crippen LogP contribution in [0.1, 0.15) is 24.2 Å². The predicted molar refractivity (Wildman–Crippen MR) is 75.5 cm³/mol. The van der Waals surface area contributed by atoms with E-state index in [1.54, 1.807) is 18.5 Å². The highest BCUT2D eigenvalue weighted by Crippen LogP contribution is 2.25. The summed E-state index contributed by atoms with van der Waals surface area (Å²) >= 11 is 0. The van der Waals surface area contributed by atoms with Gasteiger partial charge in [-0.1, -0.05) is 30.3 Å². The Balaban J connectivity index is 2.46. The van der Waals surface area contributed by atoms with Gasteiger partial charge in [0.1, 0.15) is 5.92 Å². The molecule has 2 rings (SSSR count). The minimum absolute atomic E-state index is 0.322. The zero-order valence-corrected chi connectivity index (χ0v) is 11.8. The highest BCUT2D eigenvalue weighted by molar-refractivity contribution is 5.81. The Hall–Kier alpha value is -2.37. The zero-order chi connectivity index (χ0) is 14.5. The van der Waals surface area contributed by atoms with Gasteiger partial charge >= 0.3 is 5.97 Å². The summed E-state index contributed by atoms with van der Waals surface area (Å²) in [7, 11) is 3.58. The Morgan fingerprint density at radius 1 is 1.35 bits per heavy atom. The fourth-order valence-corrected chi connectivity index (χ4v) is 2.07. The van der Waals surface area contributed by atoms with Crippen molar-refractivity contribution >= 4 is 11.9 Å². The maximum atomic E-state index is 12.3. The van der Waals surface area contributed by atoms with Gasteiger partial charge in [0.05, 0.1) is 6.61 Å². The molecule has 0 aliphatic rings. The number of esters is 1. The monoisotopic (exact) mass is 274 g/mol. The smallest absolute Gasteiger partial charge is 0.321 e. The number of nitrogens with zero attached hydrogens (tertiary/aromatic N) is 3. The first kappa shape index (κ1) is 14.0. The first-order chi connectivity index (χ1) is 9.69. The molecule has 0 fully saturated rings. The van der Waals surface area contributed by atoms with Crippen molar-refractivity contribution in [1.82, 2.24) is 14.8 Å². The summed E-state index contributed by atoms with van der Waals surface area (Å²) < 4.78 is 6.93. The van der Waals surface area contributed by atoms with Crippen molar-refractivity contribution in [2.24, 2.45) is 7.05 Å². The van der Waals surface area contributed by atoms with Crippen molar-refractivity contribution in [2.75, 3.05) is 19.0 Å². The molecule has 0 aliphatic heterocycles. The molecular formula is C14H18N4O2. The molecule has 1 atom stereocenters. The lowest BCUT2D eigenvalue weighted by Crippen LogP contribution is -2.20. The molecule has 2 aromatic rings. The molecule has 1 unspecified atom stereocenters. The van der Waals surface area contributed by atoms with Crippen molar-refractivity contribution in [3.05, 3.63) is 41.7 Å². The van der Waals surface area contributed by atoms with Crippen LogP contribution in [0.5, 0.6) is 0 Å². The first-order valence-electron chi connectivity index (χ1n) is 6.47. The van der Waals surface area contributed by atoms with Gasteiger partial charge in [-0.25, -0.2) is 0 Å². The van der Waals surface area contributed by atoms with Gasteiger partial charge in [-0.3, -0.25) is 9.36 Å². The first-order valence-corrected chi connectivity index (χ1v) is 6.47. The largest absolute Gasteiger partial charge is 0.465 e. The van der Waals surface area contributed by atoms with Crippen LogP contribution in [0.25, 0.3) is 0 Å². The third kappa shape index (κ3) is 2.64. The number of hydrogen-bond acceptors (Lipinski definition) is 5. The lowest BCUT2D eigenvalue weighted by molar-refractivity contribution is -0.144. The summed E-state index contributed by atoms with van der Waals surface area (Å²) in [4.78, 5) is 12.3. The van der Waals surface area contributed by atoms with Crippen LogP contribution in [0.4, 0.5) is 5.95 Å². The second kappa shape index (κ2) is 6.18. The van der Waals surface area contributed by atoms with Crippen LogP contribution in [-0.4, -0.2) is 34.4 Å². The van der Waals surface area contributed by atoms with Crippen molar-refractivity contribution in [3.8, 4) is 0 Å². The lowest BCUT2D eigenvalue weighted by Gasteiger charge is -2.15. The summed E-state index contributed by atoms with van der Waals surface area (Å²) in [5.74, 6) is 0.261. The number of rotatable bonds is 5. The molecule has 6 heteroatoms. The maximum absolute atomic E-state index is 12.3. The summed E-state index contributed by atoms with van der Waals surface area (Å²) in [5, 5.41) is 11.1. The molecule has 0 saturated heterocycles. The molecule has 1 aromatic carbocycles. The second-order valence-corrected chi connectivity index (χ2v) is 4.29. The van der Waals surface area contributed by atoms with Gasteiger partial charge in [0.25, 0.3) is 0 Å². The van der Waals surface area contributed by atoms with Crippen LogP contribution < -0.4 is 5.32 Å². The van der Waals surface area contributed by atoms with Crippen LogP contribution in [0.15, 0.2) is 30.3 Å². The second-order valence-electron chi connectivity index (χ2n) is 4.29. The Morgan fingerprint density at radius 2 is 2.05 bits per heavy atom. The minimum atomic E-state index is -0.573. The molecule has 6 nitrogen and oxygen atoms in total. The number of ether oxygens (including phenoxy) is 1. The van der Waals surface area contributed by atoms with E-state index in [0.717, 1.165) is 5.56 Å². The number of nitrogens with one attached hydrogen (secondary N) is 1. The van der Waals surface area contributed by atoms with Crippen molar-refractivity contribution in [1.29, 1.82) is 0 Å². The van der Waals surface area contributed by atoms with Gasteiger partial charge in [-0.2, -0.15) is 0 Å². The number of carbonyl (C=O) groups is 1. The fourth-order valence-electron chi connectivity index (χ4n) is 2.07. The van der Waals surface area contributed by atoms with Gasteiger partial charge in [0, 0.05) is 14.1 Å². The third-order valence-corrected chi connectivity index (χ3v) is 3.05. The van der Waals surface area contributed by atoms with Gasteiger partial charge in [-0.15, -0.1) is 10.2 Å². The van der Waals surface area contributed by atoms with Gasteiger partial charge in [0.15, 0.2) is 5.82 Å². The Kier molecular flexibility index (Phi) is 4.34. The summed E-state index contributed by atoms with van der Waals surface area (Å²) in [6, 6.07) is 9.44. The molecule has 0 spiro atoms. The molecule has 106 valence electrons. The molecule has 1 N–H and O–H groups in total. The van der Waals surface area contributed by atoms with E-state index in [1.807, 2.05) is 37.4 Å². The maximum Gasteiger partial charge on any atom is 0.321 e. The van der Waals surface area contributed by atoms with E-state index < -0.39 is 5.92 Å². The molecule has 1 aromatic heterocycles. The van der Waals surface area contributed by atoms with Crippen LogP contribution in [-0.2, 0) is 16.6 Å². The topological polar surface area (TPSA) is 69.0 Å². The number of anilines is 1. The molecular weight excluding hydrogens is 256 g/mol. The third-order valence-electron chi connectivity index (χ3n) is 3.05. The molecule has 20 heavy (non-hydrogen) atoms. The lowest BCUT2D eigenvalue weighted by atomic mass is 9.98. The molecule has 0 saturated carbocycles. The van der Waals surface area contributed by atoms with E-state index in [4.69, 9.17) is 4.74 Å². The number of hydrogen-bond donors (Lipinski definition) is 1. The average Bonchev–Trinajstić information content (AvgIpc) is 2.82. The zero-order valence-electron chi connectivity index (χ0n) is 11.8. The number of aromatic nitrogens is 3. The van der Waals surface area contributed by atoms with Crippen molar-refractivity contribution in [3.63, 3.8) is 0 Å². The van der Waals surface area contributed by atoms with Crippen LogP contribution in [0.2, 0.25) is 0 Å². The van der Waals surface area contributed by atoms with Gasteiger partial charge in [0.2, 0.25) is 5.95 Å². The van der Waals surface area contributed by atoms with E-state index in [2.05, 4.69) is 15.5 Å². The number of carbonyl (C=O) groups excluding carboxylic acids is 1. The van der Waals surface area contributed by atoms with E-state index in [9.17, 15) is 4.79 Å². The number of benzene rings is 1.